The van der Waals surface area contributed by atoms with Crippen molar-refractivity contribution in [3.05, 3.63) is 35.9 Å². The van der Waals surface area contributed by atoms with Gasteiger partial charge in [-0.15, -0.1) is 0 Å². The minimum Gasteiger partial charge on any atom is -0.353 e. The van der Waals surface area contributed by atoms with Gasteiger partial charge in [0.25, 0.3) is 0 Å². The van der Waals surface area contributed by atoms with Gasteiger partial charge in [-0.05, 0) is 18.4 Å². The van der Waals surface area contributed by atoms with E-state index in [0.29, 0.717) is 25.6 Å². The molecular weight excluding hydrogens is 264 g/mol. The van der Waals surface area contributed by atoms with Gasteiger partial charge in [0.2, 0.25) is 11.8 Å². The van der Waals surface area contributed by atoms with E-state index in [9.17, 15) is 9.59 Å². The molecule has 3 rings (SSSR count). The van der Waals surface area contributed by atoms with Crippen LogP contribution in [-0.4, -0.2) is 35.8 Å². The summed E-state index contributed by atoms with van der Waals surface area (Å²) < 4.78 is 0. The van der Waals surface area contributed by atoms with Crippen LogP contribution in [0.4, 0.5) is 0 Å². The Morgan fingerprint density at radius 3 is 2.52 bits per heavy atom. The van der Waals surface area contributed by atoms with Crippen LogP contribution in [0, 0.1) is 5.92 Å². The number of amides is 2. The van der Waals surface area contributed by atoms with Gasteiger partial charge in [-0.2, -0.15) is 0 Å². The molecule has 2 amide bonds. The normalized spacial score (nSPS) is 24.9. The molecule has 1 saturated heterocycles. The molecule has 0 radical (unpaired) electrons. The maximum absolute atomic E-state index is 12.5. The summed E-state index contributed by atoms with van der Waals surface area (Å²) >= 11 is 0. The fraction of sp³-hybridized carbons (Fsp3) is 0.529. The monoisotopic (exact) mass is 286 g/mol. The van der Waals surface area contributed by atoms with E-state index in [2.05, 4.69) is 17.4 Å². The number of rotatable bonds is 4. The van der Waals surface area contributed by atoms with Crippen molar-refractivity contribution in [2.75, 3.05) is 13.1 Å². The van der Waals surface area contributed by atoms with Crippen molar-refractivity contribution in [3.8, 4) is 0 Å². The lowest BCUT2D eigenvalue weighted by Gasteiger charge is -2.17. The molecule has 2 atom stereocenters. The molecule has 4 nitrogen and oxygen atoms in total. The van der Waals surface area contributed by atoms with E-state index in [1.54, 1.807) is 0 Å². The second-order valence-corrected chi connectivity index (χ2v) is 6.06. The van der Waals surface area contributed by atoms with Crippen LogP contribution in [0.15, 0.2) is 30.3 Å². The molecule has 21 heavy (non-hydrogen) atoms. The molecule has 4 heteroatoms. The van der Waals surface area contributed by atoms with Gasteiger partial charge in [-0.3, -0.25) is 9.59 Å². The van der Waals surface area contributed by atoms with Crippen LogP contribution < -0.4 is 5.32 Å². The molecule has 2 aliphatic rings. The van der Waals surface area contributed by atoms with Crippen molar-refractivity contribution in [3.63, 3.8) is 0 Å². The van der Waals surface area contributed by atoms with Gasteiger partial charge < -0.3 is 10.2 Å². The highest BCUT2D eigenvalue weighted by Crippen LogP contribution is 2.34. The van der Waals surface area contributed by atoms with Gasteiger partial charge in [0, 0.05) is 31.5 Å². The van der Waals surface area contributed by atoms with Crippen molar-refractivity contribution in [2.24, 2.45) is 5.92 Å². The first kappa shape index (κ1) is 14.1. The molecule has 1 aliphatic carbocycles. The van der Waals surface area contributed by atoms with Crippen molar-refractivity contribution in [1.29, 1.82) is 0 Å². The molecule has 2 fully saturated rings. The van der Waals surface area contributed by atoms with Crippen molar-refractivity contribution in [2.45, 2.75) is 38.1 Å². The molecule has 0 aromatic heterocycles. The summed E-state index contributed by atoms with van der Waals surface area (Å²) in [7, 11) is 0. The molecule has 1 saturated carbocycles. The van der Waals surface area contributed by atoms with Crippen molar-refractivity contribution < 1.29 is 9.59 Å². The molecule has 1 N–H and O–H groups in total. The number of carbonyl (C=O) groups excluding carboxylic acids is 2. The molecular formula is C17H22N2O2. The molecule has 1 aromatic carbocycles. The standard InChI is InChI=1S/C17H22N2O2/c1-2-16(20)19-10-14(12-6-4-3-5-7-12)15(11-19)17(21)18-13-8-9-13/h3-7,13-15H,2,8-11H2,1H3,(H,18,21). The third-order valence-corrected chi connectivity index (χ3v) is 4.46. The van der Waals surface area contributed by atoms with Gasteiger partial charge in [-0.25, -0.2) is 0 Å². The summed E-state index contributed by atoms with van der Waals surface area (Å²) in [4.78, 5) is 26.3. The Hall–Kier alpha value is -1.84. The Labute approximate surface area is 125 Å². The van der Waals surface area contributed by atoms with Gasteiger partial charge in [0.05, 0.1) is 5.92 Å². The van der Waals surface area contributed by atoms with Gasteiger partial charge in [0.15, 0.2) is 0 Å². The number of likely N-dealkylation sites (tertiary alicyclic amines) is 1. The number of nitrogens with zero attached hydrogens (tertiary/aromatic N) is 1. The molecule has 1 aromatic rings. The Bertz CT molecular complexity index is 525. The molecule has 0 bridgehead atoms. The predicted octanol–water partition coefficient (Wildman–Crippen LogP) is 1.92. The minimum absolute atomic E-state index is 0.109. The number of hydrogen-bond donors (Lipinski definition) is 1. The van der Waals surface area contributed by atoms with Crippen LogP contribution >= 0.6 is 0 Å². The smallest absolute Gasteiger partial charge is 0.225 e. The number of nitrogens with one attached hydrogen (secondary N) is 1. The lowest BCUT2D eigenvalue weighted by Crippen LogP contribution is -2.36. The Morgan fingerprint density at radius 2 is 1.90 bits per heavy atom. The van der Waals surface area contributed by atoms with E-state index in [4.69, 9.17) is 0 Å². The van der Waals surface area contributed by atoms with E-state index >= 15 is 0 Å². The lowest BCUT2D eigenvalue weighted by atomic mass is 9.88. The second-order valence-electron chi connectivity index (χ2n) is 6.06. The second kappa shape index (κ2) is 5.88. The first-order chi connectivity index (χ1) is 10.2. The highest BCUT2D eigenvalue weighted by Gasteiger charge is 2.41. The average molecular weight is 286 g/mol. The fourth-order valence-corrected chi connectivity index (χ4v) is 3.07. The van der Waals surface area contributed by atoms with Crippen molar-refractivity contribution in [1.82, 2.24) is 10.2 Å². The topological polar surface area (TPSA) is 49.4 Å². The minimum atomic E-state index is -0.122. The van der Waals surface area contributed by atoms with Crippen LogP contribution in [0.25, 0.3) is 0 Å². The lowest BCUT2D eigenvalue weighted by molar-refractivity contribution is -0.130. The fourth-order valence-electron chi connectivity index (χ4n) is 3.07. The summed E-state index contributed by atoms with van der Waals surface area (Å²) in [5, 5.41) is 3.10. The third-order valence-electron chi connectivity index (χ3n) is 4.46. The van der Waals surface area contributed by atoms with Gasteiger partial charge in [-0.1, -0.05) is 37.3 Å². The third kappa shape index (κ3) is 3.09. The van der Waals surface area contributed by atoms with Crippen LogP contribution in [-0.2, 0) is 9.59 Å². The van der Waals surface area contributed by atoms with E-state index in [1.165, 1.54) is 0 Å². The van der Waals surface area contributed by atoms with E-state index in [0.717, 1.165) is 18.4 Å². The highest BCUT2D eigenvalue weighted by molar-refractivity contribution is 5.83. The summed E-state index contributed by atoms with van der Waals surface area (Å²) in [6.07, 6.45) is 2.68. The summed E-state index contributed by atoms with van der Waals surface area (Å²) in [5.41, 5.74) is 1.15. The average Bonchev–Trinajstić information content (AvgIpc) is 3.21. The summed E-state index contributed by atoms with van der Waals surface area (Å²) in [6, 6.07) is 10.5. The molecule has 112 valence electrons. The first-order valence-corrected chi connectivity index (χ1v) is 7.82. The van der Waals surface area contributed by atoms with Crippen LogP contribution in [0.2, 0.25) is 0 Å². The summed E-state index contributed by atoms with van der Waals surface area (Å²) in [6.45, 7) is 3.07. The zero-order valence-corrected chi connectivity index (χ0v) is 12.4. The molecule has 0 spiro atoms. The quantitative estimate of drug-likeness (QED) is 0.919. The van der Waals surface area contributed by atoms with Crippen LogP contribution in [0.5, 0.6) is 0 Å². The highest BCUT2D eigenvalue weighted by atomic mass is 16.2. The SMILES string of the molecule is CCC(=O)N1CC(C(=O)NC2CC2)C(c2ccccc2)C1. The van der Waals surface area contributed by atoms with Crippen molar-refractivity contribution >= 4 is 11.8 Å². The number of carbonyl (C=O) groups is 2. The van der Waals surface area contributed by atoms with Crippen LogP contribution in [0.1, 0.15) is 37.7 Å². The summed E-state index contributed by atoms with van der Waals surface area (Å²) in [5.74, 6) is 0.236. The number of hydrogen-bond acceptors (Lipinski definition) is 2. The Kier molecular flexibility index (Phi) is 3.95. The molecule has 1 heterocycles. The van der Waals surface area contributed by atoms with Gasteiger partial charge >= 0.3 is 0 Å². The number of benzene rings is 1. The van der Waals surface area contributed by atoms with E-state index in [-0.39, 0.29) is 23.7 Å². The maximum Gasteiger partial charge on any atom is 0.225 e. The zero-order chi connectivity index (χ0) is 14.8. The van der Waals surface area contributed by atoms with Gasteiger partial charge in [0.1, 0.15) is 0 Å². The maximum atomic E-state index is 12.5. The largest absolute Gasteiger partial charge is 0.353 e. The zero-order valence-electron chi connectivity index (χ0n) is 12.4. The van der Waals surface area contributed by atoms with E-state index < -0.39 is 0 Å². The molecule has 2 unspecified atom stereocenters. The Balaban J connectivity index is 1.79. The Morgan fingerprint density at radius 1 is 1.19 bits per heavy atom. The predicted molar refractivity (Wildman–Crippen MR) is 80.7 cm³/mol. The van der Waals surface area contributed by atoms with Crippen LogP contribution in [0.3, 0.4) is 0 Å². The molecule has 1 aliphatic heterocycles. The first-order valence-electron chi connectivity index (χ1n) is 7.82. The van der Waals surface area contributed by atoms with E-state index in [1.807, 2.05) is 30.0 Å².